The van der Waals surface area contributed by atoms with E-state index < -0.39 is 30.4 Å². The second kappa shape index (κ2) is 16.1. The molecule has 10 heteroatoms. The largest absolute Gasteiger partial charge is 0.464 e. The third-order valence-corrected chi connectivity index (χ3v) is 5.52. The predicted molar refractivity (Wildman–Crippen MR) is 131 cm³/mol. The van der Waals surface area contributed by atoms with Gasteiger partial charge in [0, 0.05) is 19.8 Å². The van der Waals surface area contributed by atoms with E-state index in [4.69, 9.17) is 19.4 Å². The van der Waals surface area contributed by atoms with Crippen LogP contribution in [-0.4, -0.2) is 66.1 Å². The molecule has 0 aromatic heterocycles. The Morgan fingerprint density at radius 3 is 2.09 bits per heavy atom. The first-order valence-electron chi connectivity index (χ1n) is 12.1. The first-order chi connectivity index (χ1) is 16.6. The molecule has 0 aliphatic carbocycles. The number of carbonyl (C=O) groups excluding carboxylic acids is 2. The second-order valence-corrected chi connectivity index (χ2v) is 8.61. The van der Waals surface area contributed by atoms with Crippen LogP contribution in [0, 0.1) is 11.8 Å². The number of rotatable bonds is 16. The van der Waals surface area contributed by atoms with Crippen molar-refractivity contribution >= 4 is 17.9 Å². The van der Waals surface area contributed by atoms with Crippen LogP contribution in [0.2, 0.25) is 0 Å². The summed E-state index contributed by atoms with van der Waals surface area (Å²) in [7, 11) is 0. The highest BCUT2D eigenvalue weighted by Gasteiger charge is 2.34. The molecule has 0 heterocycles. The van der Waals surface area contributed by atoms with Crippen molar-refractivity contribution in [2.45, 2.75) is 72.9 Å². The zero-order valence-electron chi connectivity index (χ0n) is 21.7. The lowest BCUT2D eigenvalue weighted by molar-refractivity contribution is -0.162. The number of hydrogen-bond acceptors (Lipinski definition) is 6. The molecule has 0 fully saturated rings. The van der Waals surface area contributed by atoms with Gasteiger partial charge >= 0.3 is 6.09 Å². The number of amides is 3. The molecule has 0 aliphatic heterocycles. The molecule has 10 nitrogen and oxygen atoms in total. The van der Waals surface area contributed by atoms with E-state index in [1.807, 2.05) is 58.0 Å². The van der Waals surface area contributed by atoms with Crippen molar-refractivity contribution in [3.05, 3.63) is 35.9 Å². The van der Waals surface area contributed by atoms with Crippen molar-refractivity contribution in [3.63, 3.8) is 0 Å². The zero-order valence-corrected chi connectivity index (χ0v) is 21.7. The number of nitrogens with one attached hydrogen (secondary N) is 2. The first-order valence-corrected chi connectivity index (χ1v) is 12.1. The van der Waals surface area contributed by atoms with Gasteiger partial charge in [-0.3, -0.25) is 14.4 Å². The maximum absolute atomic E-state index is 13.8. The first kappa shape index (κ1) is 30.3. The smallest absolute Gasteiger partial charge is 0.428 e. The molecule has 0 spiro atoms. The second-order valence-electron chi connectivity index (χ2n) is 8.61. The monoisotopic (exact) mass is 495 g/mol. The number of hydrogen-bond donors (Lipinski definition) is 3. The van der Waals surface area contributed by atoms with E-state index in [0.717, 1.165) is 5.56 Å². The molecule has 0 radical (unpaired) electrons. The zero-order chi connectivity index (χ0) is 26.4. The highest BCUT2D eigenvalue weighted by Crippen LogP contribution is 2.17. The maximum Gasteiger partial charge on any atom is 0.428 e. The van der Waals surface area contributed by atoms with Gasteiger partial charge in [-0.05, 0) is 31.2 Å². The van der Waals surface area contributed by atoms with Crippen LogP contribution < -0.4 is 10.8 Å². The summed E-state index contributed by atoms with van der Waals surface area (Å²) in [5.41, 5.74) is 2.72. The van der Waals surface area contributed by atoms with E-state index >= 15 is 0 Å². The molecule has 198 valence electrons. The number of hydroxylamine groups is 1. The molecule has 0 saturated carbocycles. The lowest BCUT2D eigenvalue weighted by atomic mass is 9.96. The van der Waals surface area contributed by atoms with Gasteiger partial charge in [0.15, 0.2) is 12.4 Å². The average Bonchev–Trinajstić information content (AvgIpc) is 2.81. The number of carboxylic acid groups (broad SMARTS) is 1. The standard InChI is InChI=1S/C25H41N3O7/c1-7-18(6)21(26-23(29)22(17(4)5)35-27-25(31)32)24(30)28(15-19-13-11-10-12-14-19)16-20(33-8-2)34-9-3/h10-14,17-18,20-22,27H,7-9,15-16H2,1-6H3,(H,26,29)(H,31,32). The molecule has 1 aromatic carbocycles. The minimum Gasteiger partial charge on any atom is -0.464 e. The van der Waals surface area contributed by atoms with E-state index in [1.54, 1.807) is 24.2 Å². The third kappa shape index (κ3) is 10.6. The summed E-state index contributed by atoms with van der Waals surface area (Å²) in [4.78, 5) is 44.4. The minimum atomic E-state index is -1.41. The Morgan fingerprint density at radius 2 is 1.60 bits per heavy atom. The molecule has 0 aliphatic rings. The Bertz CT molecular complexity index is 770. The van der Waals surface area contributed by atoms with Crippen molar-refractivity contribution < 1.29 is 33.8 Å². The number of ether oxygens (including phenoxy) is 2. The molecule has 1 rings (SSSR count). The van der Waals surface area contributed by atoms with Crippen LogP contribution in [0.15, 0.2) is 30.3 Å². The molecule has 0 saturated heterocycles. The molecule has 0 bridgehead atoms. The maximum atomic E-state index is 13.8. The van der Waals surface area contributed by atoms with Crippen LogP contribution in [0.1, 0.15) is 53.5 Å². The highest BCUT2D eigenvalue weighted by molar-refractivity contribution is 5.89. The fourth-order valence-electron chi connectivity index (χ4n) is 3.46. The van der Waals surface area contributed by atoms with Gasteiger partial charge in [0.05, 0.1) is 6.54 Å². The molecule has 3 amide bonds. The van der Waals surface area contributed by atoms with Gasteiger partial charge in [0.1, 0.15) is 6.04 Å². The van der Waals surface area contributed by atoms with Crippen molar-refractivity contribution in [3.8, 4) is 0 Å². The van der Waals surface area contributed by atoms with Crippen LogP contribution in [-0.2, 0) is 30.4 Å². The normalized spacial score (nSPS) is 13.8. The summed E-state index contributed by atoms with van der Waals surface area (Å²) in [6, 6.07) is 8.69. The molecule has 3 atom stereocenters. The summed E-state index contributed by atoms with van der Waals surface area (Å²) >= 11 is 0. The number of benzene rings is 1. The van der Waals surface area contributed by atoms with Gasteiger partial charge in [-0.15, -0.1) is 0 Å². The van der Waals surface area contributed by atoms with Crippen LogP contribution >= 0.6 is 0 Å². The van der Waals surface area contributed by atoms with E-state index in [1.165, 1.54) is 0 Å². The van der Waals surface area contributed by atoms with Gasteiger partial charge < -0.3 is 24.8 Å². The summed E-state index contributed by atoms with van der Waals surface area (Å²) in [6.07, 6.45) is -2.49. The highest BCUT2D eigenvalue weighted by atomic mass is 16.7. The quantitative estimate of drug-likeness (QED) is 0.237. The van der Waals surface area contributed by atoms with Crippen LogP contribution in [0.4, 0.5) is 4.79 Å². The van der Waals surface area contributed by atoms with Gasteiger partial charge in [-0.25, -0.2) is 4.79 Å². The SMILES string of the molecule is CCOC(CN(Cc1ccccc1)C(=O)C(NC(=O)C(ONC(=O)O)C(C)C)C(C)CC)OCC. The number of carbonyl (C=O) groups is 3. The van der Waals surface area contributed by atoms with Crippen molar-refractivity contribution in [1.29, 1.82) is 0 Å². The molecule has 35 heavy (non-hydrogen) atoms. The summed E-state index contributed by atoms with van der Waals surface area (Å²) < 4.78 is 11.4. The van der Waals surface area contributed by atoms with Gasteiger partial charge in [0.2, 0.25) is 5.91 Å². The summed E-state index contributed by atoms with van der Waals surface area (Å²) in [5, 5.41) is 11.7. The van der Waals surface area contributed by atoms with Crippen molar-refractivity contribution in [2.24, 2.45) is 11.8 Å². The van der Waals surface area contributed by atoms with E-state index in [-0.39, 0.29) is 24.3 Å². The minimum absolute atomic E-state index is 0.183. The molecular formula is C25H41N3O7. The topological polar surface area (TPSA) is 126 Å². The van der Waals surface area contributed by atoms with Crippen molar-refractivity contribution in [1.82, 2.24) is 15.7 Å². The lowest BCUT2D eigenvalue weighted by Crippen LogP contribution is -2.56. The Kier molecular flexibility index (Phi) is 13.9. The van der Waals surface area contributed by atoms with Gasteiger partial charge in [-0.2, -0.15) is 5.48 Å². The fourth-order valence-corrected chi connectivity index (χ4v) is 3.46. The number of nitrogens with zero attached hydrogens (tertiary/aromatic N) is 1. The summed E-state index contributed by atoms with van der Waals surface area (Å²) in [5.74, 6) is -1.38. The van der Waals surface area contributed by atoms with Gasteiger partial charge in [-0.1, -0.05) is 64.4 Å². The Balaban J connectivity index is 3.21. The van der Waals surface area contributed by atoms with Crippen LogP contribution in [0.5, 0.6) is 0 Å². The Morgan fingerprint density at radius 1 is 1.00 bits per heavy atom. The van der Waals surface area contributed by atoms with Crippen LogP contribution in [0.25, 0.3) is 0 Å². The molecule has 3 unspecified atom stereocenters. The fraction of sp³-hybridized carbons (Fsp3) is 0.640. The third-order valence-electron chi connectivity index (χ3n) is 5.52. The summed E-state index contributed by atoms with van der Waals surface area (Å²) in [6.45, 7) is 12.3. The lowest BCUT2D eigenvalue weighted by Gasteiger charge is -2.33. The predicted octanol–water partition coefficient (Wildman–Crippen LogP) is 3.17. The van der Waals surface area contributed by atoms with E-state index in [2.05, 4.69) is 5.32 Å². The molecule has 1 aromatic rings. The van der Waals surface area contributed by atoms with E-state index in [0.29, 0.717) is 26.2 Å². The Labute approximate surface area is 208 Å². The van der Waals surface area contributed by atoms with Crippen LogP contribution in [0.3, 0.4) is 0 Å². The van der Waals surface area contributed by atoms with E-state index in [9.17, 15) is 14.4 Å². The molecule has 3 N–H and O–H groups in total. The molecular weight excluding hydrogens is 454 g/mol. The Hall–Kier alpha value is -2.69. The van der Waals surface area contributed by atoms with Crippen molar-refractivity contribution in [2.75, 3.05) is 19.8 Å². The average molecular weight is 496 g/mol. The van der Waals surface area contributed by atoms with Gasteiger partial charge in [0.25, 0.3) is 5.91 Å².